The molecule has 0 radical (unpaired) electrons. The second-order valence-electron chi connectivity index (χ2n) is 7.16. The van der Waals surface area contributed by atoms with E-state index in [1.807, 2.05) is 26.8 Å². The molecule has 24 heavy (non-hydrogen) atoms. The average molecular weight is 397 g/mol. The van der Waals surface area contributed by atoms with Gasteiger partial charge < -0.3 is 19.7 Å². The van der Waals surface area contributed by atoms with Gasteiger partial charge in [0.2, 0.25) is 0 Å². The topological polar surface area (TPSA) is 67.9 Å². The Morgan fingerprint density at radius 3 is 2.62 bits per heavy atom. The van der Waals surface area contributed by atoms with Crippen molar-refractivity contribution in [3.63, 3.8) is 0 Å². The van der Waals surface area contributed by atoms with E-state index in [2.05, 4.69) is 21.2 Å². The molecule has 1 aromatic rings. The van der Waals surface area contributed by atoms with Crippen LogP contribution in [0.1, 0.15) is 44.0 Å². The number of hydrogen-bond donors (Lipinski definition) is 1. The average Bonchev–Trinajstić information content (AvgIpc) is 2.45. The molecule has 2 aliphatic heterocycles. The van der Waals surface area contributed by atoms with Crippen LogP contribution in [0, 0.1) is 0 Å². The van der Waals surface area contributed by atoms with Crippen molar-refractivity contribution in [1.29, 1.82) is 0 Å². The molecule has 7 heteroatoms. The van der Waals surface area contributed by atoms with Gasteiger partial charge in [-0.05, 0) is 39.0 Å². The van der Waals surface area contributed by atoms with Crippen LogP contribution < -0.4 is 10.1 Å². The summed E-state index contributed by atoms with van der Waals surface area (Å²) in [5.41, 5.74) is -0.755. The number of rotatable bonds is 0. The van der Waals surface area contributed by atoms with Gasteiger partial charge >= 0.3 is 6.09 Å². The van der Waals surface area contributed by atoms with Crippen molar-refractivity contribution in [2.45, 2.75) is 44.9 Å². The number of likely N-dealkylation sites (tertiary alicyclic amines) is 1. The van der Waals surface area contributed by atoms with Gasteiger partial charge in [0.05, 0.1) is 5.56 Å². The van der Waals surface area contributed by atoms with Gasteiger partial charge in [-0.1, -0.05) is 15.9 Å². The van der Waals surface area contributed by atoms with Crippen LogP contribution in [0.15, 0.2) is 22.7 Å². The molecular formula is C17H21BrN2O4. The molecule has 2 heterocycles. The molecule has 0 aliphatic carbocycles. The summed E-state index contributed by atoms with van der Waals surface area (Å²) >= 11 is 3.40. The highest BCUT2D eigenvalue weighted by Crippen LogP contribution is 2.35. The summed E-state index contributed by atoms with van der Waals surface area (Å²) < 4.78 is 12.4. The zero-order chi connectivity index (χ0) is 17.5. The minimum Gasteiger partial charge on any atom is -0.467 e. The van der Waals surface area contributed by atoms with Crippen LogP contribution in [-0.2, 0) is 4.74 Å². The quantitative estimate of drug-likeness (QED) is 0.730. The van der Waals surface area contributed by atoms with E-state index in [1.165, 1.54) is 0 Å². The molecular weight excluding hydrogens is 376 g/mol. The number of nitrogens with zero attached hydrogens (tertiary/aromatic N) is 1. The van der Waals surface area contributed by atoms with Gasteiger partial charge in [-0.3, -0.25) is 4.79 Å². The largest absolute Gasteiger partial charge is 0.467 e. The molecule has 2 aliphatic rings. The fourth-order valence-corrected chi connectivity index (χ4v) is 3.22. The van der Waals surface area contributed by atoms with Crippen LogP contribution >= 0.6 is 15.9 Å². The van der Waals surface area contributed by atoms with Gasteiger partial charge in [0.25, 0.3) is 5.91 Å². The first-order valence-corrected chi connectivity index (χ1v) is 8.76. The third-order valence-corrected chi connectivity index (χ3v) is 4.55. The van der Waals surface area contributed by atoms with Crippen LogP contribution in [0.25, 0.3) is 0 Å². The summed E-state index contributed by atoms with van der Waals surface area (Å²) in [6.07, 6.45) is 0.705. The SMILES string of the molecule is CC(C)(C)OC(=O)N1CCC2(CC1)NC(=O)c1ccc(Br)cc1O2. The molecule has 0 atom stereocenters. The van der Waals surface area contributed by atoms with E-state index in [0.717, 1.165) is 4.47 Å². The molecule has 1 saturated heterocycles. The lowest BCUT2D eigenvalue weighted by molar-refractivity contribution is -0.0366. The Kier molecular flexibility index (Phi) is 4.23. The zero-order valence-electron chi connectivity index (χ0n) is 14.0. The highest BCUT2D eigenvalue weighted by Gasteiger charge is 2.43. The molecule has 1 aromatic carbocycles. The Balaban J connectivity index is 1.70. The molecule has 0 bridgehead atoms. The number of halogens is 1. The van der Waals surface area contributed by atoms with Crippen LogP contribution in [0.4, 0.5) is 4.79 Å². The van der Waals surface area contributed by atoms with E-state index in [0.29, 0.717) is 37.2 Å². The zero-order valence-corrected chi connectivity index (χ0v) is 15.6. The highest BCUT2D eigenvalue weighted by molar-refractivity contribution is 9.10. The van der Waals surface area contributed by atoms with Crippen molar-refractivity contribution >= 4 is 27.9 Å². The molecule has 6 nitrogen and oxygen atoms in total. The van der Waals surface area contributed by atoms with Crippen molar-refractivity contribution in [1.82, 2.24) is 10.2 Å². The van der Waals surface area contributed by atoms with Crippen molar-refractivity contribution < 1.29 is 19.1 Å². The van der Waals surface area contributed by atoms with Gasteiger partial charge in [0.15, 0.2) is 5.72 Å². The lowest BCUT2D eigenvalue weighted by Gasteiger charge is -2.44. The predicted octanol–water partition coefficient (Wildman–Crippen LogP) is 3.30. The summed E-state index contributed by atoms with van der Waals surface area (Å²) in [5, 5.41) is 2.96. The minimum absolute atomic E-state index is 0.144. The summed E-state index contributed by atoms with van der Waals surface area (Å²) in [7, 11) is 0. The number of carbonyl (C=O) groups is 2. The van der Waals surface area contributed by atoms with Crippen LogP contribution in [0.5, 0.6) is 5.75 Å². The maximum atomic E-state index is 12.4. The van der Waals surface area contributed by atoms with Gasteiger partial charge in [-0.15, -0.1) is 0 Å². The fraction of sp³-hybridized carbons (Fsp3) is 0.529. The van der Waals surface area contributed by atoms with Crippen molar-refractivity contribution in [3.05, 3.63) is 28.2 Å². The number of benzene rings is 1. The van der Waals surface area contributed by atoms with E-state index in [-0.39, 0.29) is 12.0 Å². The van der Waals surface area contributed by atoms with E-state index in [9.17, 15) is 9.59 Å². The normalized spacial score (nSPS) is 19.3. The van der Waals surface area contributed by atoms with Gasteiger partial charge in [0.1, 0.15) is 11.4 Å². The Bertz CT molecular complexity index is 676. The first kappa shape index (κ1) is 17.1. The highest BCUT2D eigenvalue weighted by atomic mass is 79.9. The summed E-state index contributed by atoms with van der Waals surface area (Å²) in [6, 6.07) is 5.35. The molecule has 1 fully saturated rings. The van der Waals surface area contributed by atoms with Gasteiger partial charge in [0, 0.05) is 30.4 Å². The molecule has 0 unspecified atom stereocenters. The second-order valence-corrected chi connectivity index (χ2v) is 8.07. The number of fused-ring (bicyclic) bond motifs is 1. The molecule has 130 valence electrons. The minimum atomic E-state index is -0.761. The van der Waals surface area contributed by atoms with Crippen molar-refractivity contribution in [3.8, 4) is 5.75 Å². The predicted molar refractivity (Wildman–Crippen MR) is 92.0 cm³/mol. The van der Waals surface area contributed by atoms with Gasteiger partial charge in [-0.25, -0.2) is 4.79 Å². The molecule has 0 saturated carbocycles. The van der Waals surface area contributed by atoms with E-state index < -0.39 is 11.3 Å². The van der Waals surface area contributed by atoms with E-state index in [4.69, 9.17) is 9.47 Å². The standard InChI is InChI=1S/C17H21BrN2O4/c1-16(2,3)24-15(22)20-8-6-17(7-9-20)19-14(21)12-5-4-11(18)10-13(12)23-17/h4-5,10H,6-9H2,1-3H3,(H,19,21). The Hall–Kier alpha value is -1.76. The van der Waals surface area contributed by atoms with E-state index in [1.54, 1.807) is 17.0 Å². The Morgan fingerprint density at radius 1 is 1.33 bits per heavy atom. The fourth-order valence-electron chi connectivity index (χ4n) is 2.88. The Labute approximate surface area is 149 Å². The molecule has 3 rings (SSSR count). The smallest absolute Gasteiger partial charge is 0.410 e. The lowest BCUT2D eigenvalue weighted by atomic mass is 9.97. The Morgan fingerprint density at radius 2 is 2.00 bits per heavy atom. The number of ether oxygens (including phenoxy) is 2. The summed E-state index contributed by atoms with van der Waals surface area (Å²) in [5.74, 6) is 0.424. The molecule has 1 N–H and O–H groups in total. The number of nitrogens with one attached hydrogen (secondary N) is 1. The summed E-state index contributed by atoms with van der Waals surface area (Å²) in [6.45, 7) is 6.47. The number of hydrogen-bond acceptors (Lipinski definition) is 4. The number of amides is 2. The maximum absolute atomic E-state index is 12.4. The third kappa shape index (κ3) is 3.50. The first-order valence-electron chi connectivity index (χ1n) is 7.96. The molecule has 1 spiro atoms. The van der Waals surface area contributed by atoms with Crippen molar-refractivity contribution in [2.24, 2.45) is 0 Å². The molecule has 2 amide bonds. The van der Waals surface area contributed by atoms with Gasteiger partial charge in [-0.2, -0.15) is 0 Å². The van der Waals surface area contributed by atoms with Crippen LogP contribution in [0.3, 0.4) is 0 Å². The number of carbonyl (C=O) groups excluding carboxylic acids is 2. The third-order valence-electron chi connectivity index (χ3n) is 4.06. The lowest BCUT2D eigenvalue weighted by Crippen LogP contribution is -2.61. The second kappa shape index (κ2) is 5.95. The number of piperidine rings is 1. The summed E-state index contributed by atoms with van der Waals surface area (Å²) in [4.78, 5) is 26.2. The van der Waals surface area contributed by atoms with Crippen LogP contribution in [-0.4, -0.2) is 41.3 Å². The maximum Gasteiger partial charge on any atom is 0.410 e. The molecule has 0 aromatic heterocycles. The first-order chi connectivity index (χ1) is 11.2. The van der Waals surface area contributed by atoms with Crippen LogP contribution in [0.2, 0.25) is 0 Å². The van der Waals surface area contributed by atoms with Crippen molar-refractivity contribution in [2.75, 3.05) is 13.1 Å². The van der Waals surface area contributed by atoms with E-state index >= 15 is 0 Å². The monoisotopic (exact) mass is 396 g/mol.